The van der Waals surface area contributed by atoms with E-state index in [9.17, 15) is 14.7 Å². The summed E-state index contributed by atoms with van der Waals surface area (Å²) in [4.78, 5) is 28.8. The maximum absolute atomic E-state index is 12.3. The zero-order valence-electron chi connectivity index (χ0n) is 15.2. The van der Waals surface area contributed by atoms with Crippen LogP contribution in [0.4, 0.5) is 5.69 Å². The highest BCUT2D eigenvalue weighted by atomic mass is 16.3. The monoisotopic (exact) mass is 367 g/mol. The molecule has 1 aromatic carbocycles. The number of para-hydroxylation sites is 1. The summed E-state index contributed by atoms with van der Waals surface area (Å²) in [6.07, 6.45) is 1.73. The Balaban J connectivity index is 1.64. The highest BCUT2D eigenvalue weighted by molar-refractivity contribution is 6.40. The number of carbonyl (C=O) groups is 2. The third-order valence-corrected chi connectivity index (χ3v) is 4.06. The van der Waals surface area contributed by atoms with Crippen molar-refractivity contribution in [3.05, 3.63) is 60.2 Å². The normalized spacial score (nSPS) is 13.1. The number of amides is 2. The van der Waals surface area contributed by atoms with E-state index in [1.165, 1.54) is 6.26 Å². The molecule has 27 heavy (non-hydrogen) atoms. The van der Waals surface area contributed by atoms with E-state index in [1.54, 1.807) is 25.1 Å². The lowest BCUT2D eigenvalue weighted by molar-refractivity contribution is -0.136. The molecule has 0 radical (unpaired) electrons. The SMILES string of the molecule is Cc1cc(NC(=O)C(=O)NCC(C)(O)Cc2ccco2)c2ccccc2n1. The van der Waals surface area contributed by atoms with E-state index in [0.29, 0.717) is 11.4 Å². The fourth-order valence-corrected chi connectivity index (χ4v) is 2.79. The molecular formula is C20H21N3O4. The van der Waals surface area contributed by atoms with Gasteiger partial charge in [-0.25, -0.2) is 0 Å². The van der Waals surface area contributed by atoms with Gasteiger partial charge < -0.3 is 20.2 Å². The number of anilines is 1. The summed E-state index contributed by atoms with van der Waals surface area (Å²) in [6.45, 7) is 3.29. The Morgan fingerprint density at radius 2 is 1.96 bits per heavy atom. The van der Waals surface area contributed by atoms with E-state index in [1.807, 2.05) is 31.2 Å². The number of rotatable bonds is 5. The van der Waals surface area contributed by atoms with Crippen LogP contribution < -0.4 is 10.6 Å². The van der Waals surface area contributed by atoms with Crippen LogP contribution in [0.15, 0.2) is 53.1 Å². The first kappa shape index (κ1) is 18.6. The van der Waals surface area contributed by atoms with Gasteiger partial charge in [-0.3, -0.25) is 14.6 Å². The van der Waals surface area contributed by atoms with Crippen molar-refractivity contribution < 1.29 is 19.1 Å². The quantitative estimate of drug-likeness (QED) is 0.600. The molecule has 2 aromatic heterocycles. The number of fused-ring (bicyclic) bond motifs is 1. The zero-order chi connectivity index (χ0) is 19.4. The Morgan fingerprint density at radius 1 is 1.19 bits per heavy atom. The molecule has 1 unspecified atom stereocenters. The number of nitrogens with zero attached hydrogens (tertiary/aromatic N) is 1. The molecule has 0 bridgehead atoms. The molecule has 2 heterocycles. The zero-order valence-corrected chi connectivity index (χ0v) is 15.2. The number of carbonyl (C=O) groups excluding carboxylic acids is 2. The molecule has 0 saturated carbocycles. The topological polar surface area (TPSA) is 104 Å². The number of hydrogen-bond donors (Lipinski definition) is 3. The van der Waals surface area contributed by atoms with Crippen molar-refractivity contribution in [3.63, 3.8) is 0 Å². The predicted octanol–water partition coefficient (Wildman–Crippen LogP) is 2.18. The number of aliphatic hydroxyl groups is 1. The fourth-order valence-electron chi connectivity index (χ4n) is 2.79. The largest absolute Gasteiger partial charge is 0.469 e. The van der Waals surface area contributed by atoms with Crippen LogP contribution in [0.1, 0.15) is 18.4 Å². The first-order valence-electron chi connectivity index (χ1n) is 8.54. The number of pyridine rings is 1. The summed E-state index contributed by atoms with van der Waals surface area (Å²) < 4.78 is 5.20. The predicted molar refractivity (Wildman–Crippen MR) is 101 cm³/mol. The van der Waals surface area contributed by atoms with Gasteiger partial charge >= 0.3 is 11.8 Å². The molecule has 3 N–H and O–H groups in total. The smallest absolute Gasteiger partial charge is 0.313 e. The Bertz CT molecular complexity index is 965. The Labute approximate surface area is 156 Å². The highest BCUT2D eigenvalue weighted by Gasteiger charge is 2.25. The van der Waals surface area contributed by atoms with E-state index in [2.05, 4.69) is 15.6 Å². The molecule has 3 aromatic rings. The van der Waals surface area contributed by atoms with Gasteiger partial charge in [0.2, 0.25) is 0 Å². The van der Waals surface area contributed by atoms with Crippen LogP contribution in [0.5, 0.6) is 0 Å². The highest BCUT2D eigenvalue weighted by Crippen LogP contribution is 2.22. The van der Waals surface area contributed by atoms with Gasteiger partial charge in [0.25, 0.3) is 0 Å². The summed E-state index contributed by atoms with van der Waals surface area (Å²) >= 11 is 0. The lowest BCUT2D eigenvalue weighted by atomic mass is 10.0. The standard InChI is InChI=1S/C20H21N3O4/c1-13-10-17(15-7-3-4-8-16(15)22-13)23-19(25)18(24)21-12-20(2,26)11-14-6-5-9-27-14/h3-10,26H,11-12H2,1-2H3,(H,21,24)(H,22,23,25). The van der Waals surface area contributed by atoms with Crippen LogP contribution >= 0.6 is 0 Å². The summed E-state index contributed by atoms with van der Waals surface area (Å²) in [5, 5.41) is 16.2. The molecule has 0 saturated heterocycles. The molecule has 140 valence electrons. The second-order valence-electron chi connectivity index (χ2n) is 6.72. The van der Waals surface area contributed by atoms with Crippen LogP contribution in [-0.2, 0) is 16.0 Å². The number of benzene rings is 1. The number of hydrogen-bond acceptors (Lipinski definition) is 5. The van der Waals surface area contributed by atoms with Crippen molar-refractivity contribution in [1.82, 2.24) is 10.3 Å². The lowest BCUT2D eigenvalue weighted by Crippen LogP contribution is -2.45. The number of aromatic nitrogens is 1. The second-order valence-corrected chi connectivity index (χ2v) is 6.72. The summed E-state index contributed by atoms with van der Waals surface area (Å²) in [5.41, 5.74) is 0.731. The van der Waals surface area contributed by atoms with E-state index < -0.39 is 17.4 Å². The maximum Gasteiger partial charge on any atom is 0.313 e. The van der Waals surface area contributed by atoms with Crippen LogP contribution in [0.2, 0.25) is 0 Å². The molecule has 0 aliphatic carbocycles. The van der Waals surface area contributed by atoms with Crippen LogP contribution in [0, 0.1) is 6.92 Å². The molecule has 1 atom stereocenters. The molecule has 0 aliphatic rings. The van der Waals surface area contributed by atoms with Gasteiger partial charge in [-0.15, -0.1) is 0 Å². The summed E-state index contributed by atoms with van der Waals surface area (Å²) in [5.74, 6) is -1.04. The van der Waals surface area contributed by atoms with Gasteiger partial charge in [0.15, 0.2) is 0 Å². The number of nitrogens with one attached hydrogen (secondary N) is 2. The van der Waals surface area contributed by atoms with Crippen LogP contribution in [0.3, 0.4) is 0 Å². The maximum atomic E-state index is 12.3. The minimum atomic E-state index is -1.24. The number of aryl methyl sites for hydroxylation is 1. The van der Waals surface area contributed by atoms with Gasteiger partial charge in [0, 0.05) is 24.0 Å². The van der Waals surface area contributed by atoms with E-state index in [4.69, 9.17) is 4.42 Å². The van der Waals surface area contributed by atoms with Gasteiger partial charge in [0.05, 0.1) is 23.1 Å². The van der Waals surface area contributed by atoms with E-state index in [0.717, 1.165) is 16.6 Å². The first-order valence-corrected chi connectivity index (χ1v) is 8.54. The van der Waals surface area contributed by atoms with Gasteiger partial charge in [-0.05, 0) is 38.1 Å². The average Bonchev–Trinajstić information content (AvgIpc) is 3.11. The van der Waals surface area contributed by atoms with Crippen molar-refractivity contribution in [1.29, 1.82) is 0 Å². The van der Waals surface area contributed by atoms with Crippen LogP contribution in [-0.4, -0.2) is 34.1 Å². The van der Waals surface area contributed by atoms with E-state index >= 15 is 0 Å². The molecule has 7 heteroatoms. The molecular weight excluding hydrogens is 346 g/mol. The van der Waals surface area contributed by atoms with Crippen molar-refractivity contribution in [2.75, 3.05) is 11.9 Å². The van der Waals surface area contributed by atoms with Crippen LogP contribution in [0.25, 0.3) is 10.9 Å². The average molecular weight is 367 g/mol. The molecule has 0 fully saturated rings. The summed E-state index contributed by atoms with van der Waals surface area (Å²) in [6, 6.07) is 12.5. The lowest BCUT2D eigenvalue weighted by Gasteiger charge is -2.22. The Hall–Kier alpha value is -3.19. The Kier molecular flexibility index (Phi) is 5.23. The molecule has 7 nitrogen and oxygen atoms in total. The van der Waals surface area contributed by atoms with Crippen molar-refractivity contribution in [2.45, 2.75) is 25.9 Å². The minimum Gasteiger partial charge on any atom is -0.469 e. The fraction of sp³-hybridized carbons (Fsp3) is 0.250. The van der Waals surface area contributed by atoms with Crippen molar-refractivity contribution >= 4 is 28.4 Å². The molecule has 3 rings (SSSR count). The third-order valence-electron chi connectivity index (χ3n) is 4.06. The van der Waals surface area contributed by atoms with Gasteiger partial charge in [-0.1, -0.05) is 18.2 Å². The Morgan fingerprint density at radius 3 is 2.70 bits per heavy atom. The molecule has 2 amide bonds. The number of furan rings is 1. The van der Waals surface area contributed by atoms with Gasteiger partial charge in [0.1, 0.15) is 5.76 Å². The third kappa shape index (κ3) is 4.71. The minimum absolute atomic E-state index is 0.0872. The first-order chi connectivity index (χ1) is 12.8. The van der Waals surface area contributed by atoms with Gasteiger partial charge in [-0.2, -0.15) is 0 Å². The molecule has 0 spiro atoms. The molecule has 0 aliphatic heterocycles. The van der Waals surface area contributed by atoms with E-state index in [-0.39, 0.29) is 13.0 Å². The summed E-state index contributed by atoms with van der Waals surface area (Å²) in [7, 11) is 0. The van der Waals surface area contributed by atoms with Crippen molar-refractivity contribution in [2.24, 2.45) is 0 Å². The second kappa shape index (κ2) is 7.59. The van der Waals surface area contributed by atoms with Crippen molar-refractivity contribution in [3.8, 4) is 0 Å².